The monoisotopic (exact) mass is 369 g/mol. The highest BCUT2D eigenvalue weighted by Crippen LogP contribution is 2.13. The minimum absolute atomic E-state index is 0.0307. The first-order valence-corrected chi connectivity index (χ1v) is 9.20. The van der Waals surface area contributed by atoms with Crippen molar-refractivity contribution in [1.82, 2.24) is 5.32 Å². The number of ether oxygens (including phenoxy) is 1. The van der Waals surface area contributed by atoms with Crippen molar-refractivity contribution in [3.63, 3.8) is 0 Å². The summed E-state index contributed by atoms with van der Waals surface area (Å²) in [6, 6.07) is 13.8. The molecule has 2 aromatic carbocycles. The molecule has 0 fully saturated rings. The van der Waals surface area contributed by atoms with Gasteiger partial charge in [0.05, 0.1) is 6.61 Å². The third-order valence-corrected chi connectivity index (χ3v) is 4.14. The highest BCUT2D eigenvalue weighted by Gasteiger charge is 2.04. The Kier molecular flexibility index (Phi) is 7.86. The van der Waals surface area contributed by atoms with E-state index in [2.05, 4.69) is 37.4 Å². The van der Waals surface area contributed by atoms with E-state index in [0.717, 1.165) is 12.0 Å². The van der Waals surface area contributed by atoms with E-state index in [9.17, 15) is 9.59 Å². The molecule has 0 saturated heterocycles. The van der Waals surface area contributed by atoms with E-state index in [1.54, 1.807) is 0 Å². The highest BCUT2D eigenvalue weighted by molar-refractivity contribution is 5.76. The van der Waals surface area contributed by atoms with E-state index in [-0.39, 0.29) is 12.3 Å². The Hall–Kier alpha value is -2.82. The van der Waals surface area contributed by atoms with Crippen LogP contribution in [0.3, 0.4) is 0 Å². The van der Waals surface area contributed by atoms with Gasteiger partial charge in [-0.1, -0.05) is 41.5 Å². The van der Waals surface area contributed by atoms with Crippen molar-refractivity contribution < 1.29 is 19.4 Å². The van der Waals surface area contributed by atoms with Gasteiger partial charge in [-0.05, 0) is 49.9 Å². The lowest BCUT2D eigenvalue weighted by Crippen LogP contribution is -2.23. The van der Waals surface area contributed by atoms with E-state index in [1.165, 1.54) is 16.7 Å². The molecule has 27 heavy (non-hydrogen) atoms. The van der Waals surface area contributed by atoms with E-state index < -0.39 is 5.97 Å². The number of amides is 1. The number of aryl methyl sites for hydroxylation is 3. The number of rotatable bonds is 10. The highest BCUT2D eigenvalue weighted by atomic mass is 16.5. The van der Waals surface area contributed by atoms with Crippen LogP contribution in [0.5, 0.6) is 5.75 Å². The average molecular weight is 369 g/mol. The van der Waals surface area contributed by atoms with Crippen LogP contribution in [-0.4, -0.2) is 23.6 Å². The summed E-state index contributed by atoms with van der Waals surface area (Å²) in [6.45, 7) is 4.98. The molecule has 2 aromatic rings. The Bertz CT molecular complexity index is 748. The Morgan fingerprint density at radius 3 is 2.26 bits per heavy atom. The fourth-order valence-corrected chi connectivity index (χ4v) is 2.88. The largest absolute Gasteiger partial charge is 0.494 e. The molecule has 144 valence electrons. The van der Waals surface area contributed by atoms with Gasteiger partial charge >= 0.3 is 5.97 Å². The topological polar surface area (TPSA) is 75.6 Å². The van der Waals surface area contributed by atoms with Gasteiger partial charge in [0.15, 0.2) is 0 Å². The molecule has 0 aromatic heterocycles. The Morgan fingerprint density at radius 2 is 1.63 bits per heavy atom. The van der Waals surface area contributed by atoms with Crippen molar-refractivity contribution in [2.45, 2.75) is 46.1 Å². The van der Waals surface area contributed by atoms with Crippen molar-refractivity contribution in [2.24, 2.45) is 0 Å². The third kappa shape index (κ3) is 7.94. The van der Waals surface area contributed by atoms with Crippen molar-refractivity contribution in [1.29, 1.82) is 0 Å². The summed E-state index contributed by atoms with van der Waals surface area (Å²) in [5.41, 5.74) is 4.62. The maximum absolute atomic E-state index is 12.1. The van der Waals surface area contributed by atoms with E-state index >= 15 is 0 Å². The number of carboxylic acids is 1. The predicted octanol–water partition coefficient (Wildman–Crippen LogP) is 3.80. The number of carbonyl (C=O) groups excluding carboxylic acids is 1. The second-order valence-electron chi connectivity index (χ2n) is 6.76. The van der Waals surface area contributed by atoms with Gasteiger partial charge in [0.1, 0.15) is 5.75 Å². The van der Waals surface area contributed by atoms with E-state index in [4.69, 9.17) is 9.84 Å². The van der Waals surface area contributed by atoms with Gasteiger partial charge in [0.2, 0.25) is 5.91 Å². The number of hydrogen-bond donors (Lipinski definition) is 2. The number of carbonyl (C=O) groups is 2. The fourth-order valence-electron chi connectivity index (χ4n) is 2.88. The van der Waals surface area contributed by atoms with Crippen LogP contribution in [0.25, 0.3) is 0 Å². The first-order valence-electron chi connectivity index (χ1n) is 9.20. The van der Waals surface area contributed by atoms with Crippen LogP contribution < -0.4 is 10.1 Å². The van der Waals surface area contributed by atoms with Gasteiger partial charge in [-0.2, -0.15) is 0 Å². The minimum Gasteiger partial charge on any atom is -0.494 e. The number of hydrogen-bond acceptors (Lipinski definition) is 3. The summed E-state index contributed by atoms with van der Waals surface area (Å²) in [7, 11) is 0. The Morgan fingerprint density at radius 1 is 0.963 bits per heavy atom. The first-order chi connectivity index (χ1) is 12.9. The second kappa shape index (κ2) is 10.4. The summed E-state index contributed by atoms with van der Waals surface area (Å²) in [5.74, 6) is -0.0874. The normalized spacial score (nSPS) is 10.4. The second-order valence-corrected chi connectivity index (χ2v) is 6.76. The van der Waals surface area contributed by atoms with Gasteiger partial charge in [-0.25, -0.2) is 0 Å². The zero-order valence-electron chi connectivity index (χ0n) is 16.0. The van der Waals surface area contributed by atoms with Gasteiger partial charge in [-0.3, -0.25) is 9.59 Å². The molecule has 0 radical (unpaired) electrons. The van der Waals surface area contributed by atoms with Crippen LogP contribution in [0.15, 0.2) is 42.5 Å². The molecule has 2 N–H and O–H groups in total. The zero-order chi connectivity index (χ0) is 19.6. The first kappa shape index (κ1) is 20.5. The summed E-state index contributed by atoms with van der Waals surface area (Å²) in [6.07, 6.45) is 1.78. The summed E-state index contributed by atoms with van der Waals surface area (Å²) >= 11 is 0. The van der Waals surface area contributed by atoms with Crippen LogP contribution in [0.2, 0.25) is 0 Å². The van der Waals surface area contributed by atoms with Crippen molar-refractivity contribution in [2.75, 3.05) is 6.61 Å². The molecule has 0 spiro atoms. The summed E-state index contributed by atoms with van der Waals surface area (Å²) < 4.78 is 5.49. The standard InChI is InChI=1S/C22H27NO4/c1-16-12-17(2)14-19(13-16)7-10-21(24)23-15-18-5-8-20(9-6-18)27-11-3-4-22(25)26/h5-6,8-9,12-14H,3-4,7,10-11,15H2,1-2H3,(H,23,24)(H,25,26). The molecule has 0 aliphatic rings. The molecule has 0 aliphatic carbocycles. The van der Waals surface area contributed by atoms with Crippen LogP contribution in [-0.2, 0) is 22.6 Å². The van der Waals surface area contributed by atoms with Gasteiger partial charge in [0, 0.05) is 19.4 Å². The van der Waals surface area contributed by atoms with Gasteiger partial charge in [0.25, 0.3) is 0 Å². The summed E-state index contributed by atoms with van der Waals surface area (Å²) in [4.78, 5) is 22.5. The molecule has 0 saturated carbocycles. The van der Waals surface area contributed by atoms with Gasteiger partial charge < -0.3 is 15.2 Å². The van der Waals surface area contributed by atoms with Crippen molar-refractivity contribution in [3.05, 3.63) is 64.7 Å². The lowest BCUT2D eigenvalue weighted by Gasteiger charge is -2.09. The quantitative estimate of drug-likeness (QED) is 0.625. The Labute approximate surface area is 160 Å². The molecule has 1 amide bonds. The lowest BCUT2D eigenvalue weighted by molar-refractivity contribution is -0.137. The molecule has 2 rings (SSSR count). The van der Waals surface area contributed by atoms with Crippen molar-refractivity contribution in [3.8, 4) is 5.75 Å². The molecular weight excluding hydrogens is 342 g/mol. The zero-order valence-corrected chi connectivity index (χ0v) is 16.0. The smallest absolute Gasteiger partial charge is 0.303 e. The summed E-state index contributed by atoms with van der Waals surface area (Å²) in [5, 5.41) is 11.5. The Balaban J connectivity index is 1.70. The number of nitrogens with one attached hydrogen (secondary N) is 1. The average Bonchev–Trinajstić information content (AvgIpc) is 2.62. The number of carboxylic acid groups (broad SMARTS) is 1. The van der Waals surface area contributed by atoms with Crippen LogP contribution in [0, 0.1) is 13.8 Å². The molecule has 0 unspecified atom stereocenters. The third-order valence-electron chi connectivity index (χ3n) is 4.14. The fraction of sp³-hybridized carbons (Fsp3) is 0.364. The number of benzene rings is 2. The molecule has 0 aliphatic heterocycles. The predicted molar refractivity (Wildman–Crippen MR) is 105 cm³/mol. The molecule has 0 bridgehead atoms. The molecule has 0 atom stereocenters. The van der Waals surface area contributed by atoms with E-state index in [0.29, 0.717) is 31.7 Å². The molecular formula is C22H27NO4. The van der Waals surface area contributed by atoms with Crippen LogP contribution in [0.1, 0.15) is 41.5 Å². The number of aliphatic carboxylic acids is 1. The van der Waals surface area contributed by atoms with Crippen LogP contribution in [0.4, 0.5) is 0 Å². The molecule has 0 heterocycles. The maximum atomic E-state index is 12.1. The SMILES string of the molecule is Cc1cc(C)cc(CCC(=O)NCc2ccc(OCCCC(=O)O)cc2)c1. The van der Waals surface area contributed by atoms with E-state index in [1.807, 2.05) is 24.3 Å². The van der Waals surface area contributed by atoms with Gasteiger partial charge in [-0.15, -0.1) is 0 Å². The molecule has 5 nitrogen and oxygen atoms in total. The van der Waals surface area contributed by atoms with Crippen LogP contribution >= 0.6 is 0 Å². The molecule has 5 heteroatoms. The van der Waals surface area contributed by atoms with Crippen molar-refractivity contribution >= 4 is 11.9 Å². The minimum atomic E-state index is -0.817. The lowest BCUT2D eigenvalue weighted by atomic mass is 10.0. The maximum Gasteiger partial charge on any atom is 0.303 e.